The summed E-state index contributed by atoms with van der Waals surface area (Å²) in [6, 6.07) is 7.59. The van der Waals surface area contributed by atoms with Crippen LogP contribution in [0.2, 0.25) is 0 Å². The second-order valence-corrected chi connectivity index (χ2v) is 10.5. The van der Waals surface area contributed by atoms with Crippen molar-refractivity contribution in [1.29, 1.82) is 0 Å². The lowest BCUT2D eigenvalue weighted by Gasteiger charge is -2.30. The molecule has 0 radical (unpaired) electrons. The largest absolute Gasteiger partial charge is 0.458 e. The van der Waals surface area contributed by atoms with Crippen molar-refractivity contribution in [3.05, 3.63) is 70.8 Å². The Labute approximate surface area is 228 Å². The number of ether oxygens (including phenoxy) is 2. The van der Waals surface area contributed by atoms with Gasteiger partial charge in [-0.05, 0) is 69.7 Å². The van der Waals surface area contributed by atoms with E-state index in [0.717, 1.165) is 0 Å². The Bertz CT molecular complexity index is 1190. The van der Waals surface area contributed by atoms with E-state index < -0.39 is 59.0 Å². The summed E-state index contributed by atoms with van der Waals surface area (Å²) in [6.07, 6.45) is -5.84. The van der Waals surface area contributed by atoms with E-state index in [1.54, 1.807) is 51.1 Å². The minimum atomic E-state index is -5.22. The van der Waals surface area contributed by atoms with Gasteiger partial charge in [0, 0.05) is 6.54 Å². The Morgan fingerprint density at radius 3 is 2.23 bits per heavy atom. The molecule has 0 saturated carbocycles. The van der Waals surface area contributed by atoms with Gasteiger partial charge in [-0.25, -0.2) is 18.4 Å². The number of hydrogen-bond acceptors (Lipinski definition) is 5. The van der Waals surface area contributed by atoms with E-state index in [4.69, 9.17) is 9.47 Å². The second-order valence-electron chi connectivity index (χ2n) is 10.5. The third kappa shape index (κ3) is 8.40. The Balaban J connectivity index is 1.78. The van der Waals surface area contributed by atoms with Crippen molar-refractivity contribution < 1.29 is 45.8 Å². The van der Waals surface area contributed by atoms with Gasteiger partial charge in [0.05, 0.1) is 0 Å². The van der Waals surface area contributed by atoms with Crippen LogP contribution in [0.5, 0.6) is 0 Å². The monoisotopic (exact) mass is 570 g/mol. The number of nitrogens with zero attached hydrogens (tertiary/aromatic N) is 1. The van der Waals surface area contributed by atoms with Gasteiger partial charge in [0.25, 0.3) is 0 Å². The number of alkyl halides is 3. The Morgan fingerprint density at radius 1 is 1.02 bits per heavy atom. The third-order valence-corrected chi connectivity index (χ3v) is 6.12. The molecule has 0 spiro atoms. The summed E-state index contributed by atoms with van der Waals surface area (Å²) < 4.78 is 77.7. The summed E-state index contributed by atoms with van der Waals surface area (Å²) >= 11 is 0. The average molecular weight is 571 g/mol. The van der Waals surface area contributed by atoms with E-state index in [2.05, 4.69) is 5.32 Å². The van der Waals surface area contributed by atoms with Crippen molar-refractivity contribution in [2.75, 3.05) is 6.54 Å². The van der Waals surface area contributed by atoms with Crippen LogP contribution in [0.25, 0.3) is 0 Å². The van der Waals surface area contributed by atoms with Crippen LogP contribution >= 0.6 is 0 Å². The normalized spacial score (nSPS) is 16.4. The van der Waals surface area contributed by atoms with Gasteiger partial charge in [-0.3, -0.25) is 4.79 Å². The molecule has 0 aromatic heterocycles. The molecule has 1 saturated heterocycles. The molecule has 2 aromatic rings. The van der Waals surface area contributed by atoms with E-state index in [1.807, 2.05) is 0 Å². The highest BCUT2D eigenvalue weighted by atomic mass is 19.4. The number of alkyl carbamates (subject to hydrolysis) is 1. The number of esters is 1. The average Bonchev–Trinajstić information content (AvgIpc) is 3.33. The van der Waals surface area contributed by atoms with Gasteiger partial charge in [0.15, 0.2) is 0 Å². The van der Waals surface area contributed by atoms with Crippen LogP contribution in [0.3, 0.4) is 0 Å². The summed E-state index contributed by atoms with van der Waals surface area (Å²) in [5.41, 5.74) is -2.28. The first-order valence-corrected chi connectivity index (χ1v) is 12.7. The molecule has 12 heteroatoms. The van der Waals surface area contributed by atoms with Crippen LogP contribution in [0.4, 0.5) is 26.7 Å². The van der Waals surface area contributed by atoms with Crippen molar-refractivity contribution in [3.8, 4) is 0 Å². The molecule has 2 amide bonds. The topological polar surface area (TPSA) is 84.9 Å². The van der Waals surface area contributed by atoms with E-state index in [0.29, 0.717) is 30.5 Å². The fourth-order valence-electron chi connectivity index (χ4n) is 4.36. The van der Waals surface area contributed by atoms with Crippen LogP contribution in [0, 0.1) is 11.6 Å². The van der Waals surface area contributed by atoms with Crippen LogP contribution in [-0.4, -0.2) is 47.1 Å². The predicted octanol–water partition coefficient (Wildman–Crippen LogP) is 5.54. The van der Waals surface area contributed by atoms with Gasteiger partial charge in [-0.15, -0.1) is 0 Å². The zero-order chi connectivity index (χ0) is 29.7. The molecule has 2 aromatic carbocycles. The number of benzene rings is 2. The zero-order valence-corrected chi connectivity index (χ0v) is 22.3. The standard InChI is InChI=1S/C28H31F5N2O5/c1-27(2,3)40-25(37)22-10-7-13-35(22)24(36)21(34-26(38)39-16-17-8-5-4-6-9-17)12-11-18-14-19(29)23(20(30)15-18)28(31,32)33/h4-6,8-9,14-15,21-22H,7,10-13,16H2,1-3H3,(H,34,38)/t21-,22-/m0/s1. The second kappa shape index (κ2) is 12.6. The molecule has 0 unspecified atom stereocenters. The van der Waals surface area contributed by atoms with Gasteiger partial charge in [-0.2, -0.15) is 13.2 Å². The number of hydrogen-bond donors (Lipinski definition) is 1. The Morgan fingerprint density at radius 2 is 1.65 bits per heavy atom. The first kappa shape index (κ1) is 30.8. The molecule has 2 atom stereocenters. The number of carbonyl (C=O) groups excluding carboxylic acids is 3. The summed E-state index contributed by atoms with van der Waals surface area (Å²) in [7, 11) is 0. The number of carbonyl (C=O) groups is 3. The van der Waals surface area contributed by atoms with E-state index in [1.165, 1.54) is 4.90 Å². The Hall–Kier alpha value is -3.70. The highest BCUT2D eigenvalue weighted by Gasteiger charge is 2.40. The molecule has 7 nitrogen and oxygen atoms in total. The number of likely N-dealkylation sites (tertiary alicyclic amines) is 1. The molecule has 0 aliphatic carbocycles. The van der Waals surface area contributed by atoms with Crippen molar-refractivity contribution in [1.82, 2.24) is 10.2 Å². The molecule has 1 aliphatic heterocycles. The summed E-state index contributed by atoms with van der Waals surface area (Å²) in [4.78, 5) is 40.1. The number of amides is 2. The van der Waals surface area contributed by atoms with Crippen molar-refractivity contribution >= 4 is 18.0 Å². The molecule has 40 heavy (non-hydrogen) atoms. The van der Waals surface area contributed by atoms with Crippen LogP contribution in [-0.2, 0) is 38.3 Å². The van der Waals surface area contributed by atoms with Gasteiger partial charge >= 0.3 is 18.2 Å². The van der Waals surface area contributed by atoms with Crippen molar-refractivity contribution in [3.63, 3.8) is 0 Å². The van der Waals surface area contributed by atoms with Gasteiger partial charge in [0.2, 0.25) is 5.91 Å². The van der Waals surface area contributed by atoms with Gasteiger partial charge in [0.1, 0.15) is 41.5 Å². The van der Waals surface area contributed by atoms with Crippen molar-refractivity contribution in [2.45, 2.75) is 76.9 Å². The SMILES string of the molecule is CC(C)(C)OC(=O)[C@@H]1CCCN1C(=O)[C@H](CCc1cc(F)c(C(F)(F)F)c(F)c1)NC(=O)OCc1ccccc1. The lowest BCUT2D eigenvalue weighted by molar-refractivity contribution is -0.163. The first-order valence-electron chi connectivity index (χ1n) is 12.7. The number of aryl methyl sites for hydroxylation is 1. The summed E-state index contributed by atoms with van der Waals surface area (Å²) in [5, 5.41) is 2.43. The highest BCUT2D eigenvalue weighted by molar-refractivity contribution is 5.90. The maximum atomic E-state index is 14.1. The summed E-state index contributed by atoms with van der Waals surface area (Å²) in [6.45, 7) is 5.14. The van der Waals surface area contributed by atoms with Crippen LogP contribution in [0.15, 0.2) is 42.5 Å². The fourth-order valence-corrected chi connectivity index (χ4v) is 4.36. The zero-order valence-electron chi connectivity index (χ0n) is 22.3. The third-order valence-electron chi connectivity index (χ3n) is 6.12. The van der Waals surface area contributed by atoms with Crippen molar-refractivity contribution in [2.24, 2.45) is 0 Å². The maximum absolute atomic E-state index is 14.1. The quantitative estimate of drug-likeness (QED) is 0.333. The minimum Gasteiger partial charge on any atom is -0.458 e. The molecular formula is C28H31F5N2O5. The number of nitrogens with one attached hydrogen (secondary N) is 1. The van der Waals surface area contributed by atoms with Gasteiger partial charge < -0.3 is 19.7 Å². The maximum Gasteiger partial charge on any atom is 0.422 e. The molecule has 1 heterocycles. The fraction of sp³-hybridized carbons (Fsp3) is 0.464. The highest BCUT2D eigenvalue weighted by Crippen LogP contribution is 2.34. The van der Waals surface area contributed by atoms with Crippen LogP contribution in [0.1, 0.15) is 56.7 Å². The minimum absolute atomic E-state index is 0.104. The van der Waals surface area contributed by atoms with E-state index in [9.17, 15) is 36.3 Å². The van der Waals surface area contributed by atoms with E-state index in [-0.39, 0.29) is 31.6 Å². The molecule has 0 bridgehead atoms. The van der Waals surface area contributed by atoms with E-state index >= 15 is 0 Å². The Kier molecular flexibility index (Phi) is 9.75. The summed E-state index contributed by atoms with van der Waals surface area (Å²) in [5.74, 6) is -4.84. The molecule has 3 rings (SSSR count). The lowest BCUT2D eigenvalue weighted by Crippen LogP contribution is -2.52. The number of rotatable bonds is 8. The lowest BCUT2D eigenvalue weighted by atomic mass is 10.0. The predicted molar refractivity (Wildman–Crippen MR) is 134 cm³/mol. The molecule has 1 aliphatic rings. The molecular weight excluding hydrogens is 539 g/mol. The van der Waals surface area contributed by atoms with Gasteiger partial charge in [-0.1, -0.05) is 30.3 Å². The molecule has 1 fully saturated rings. The van der Waals surface area contributed by atoms with Crippen LogP contribution < -0.4 is 5.32 Å². The number of halogens is 5. The first-order chi connectivity index (χ1) is 18.7. The smallest absolute Gasteiger partial charge is 0.422 e. The molecule has 218 valence electrons. The molecule has 1 N–H and O–H groups in total.